The fourth-order valence-corrected chi connectivity index (χ4v) is 3.71. The van der Waals surface area contributed by atoms with Crippen LogP contribution in [0.15, 0.2) is 11.4 Å². The van der Waals surface area contributed by atoms with E-state index >= 15 is 0 Å². The molecule has 0 aliphatic heterocycles. The van der Waals surface area contributed by atoms with Crippen LogP contribution in [0.5, 0.6) is 0 Å². The van der Waals surface area contributed by atoms with Crippen LogP contribution in [0, 0.1) is 11.3 Å². The van der Waals surface area contributed by atoms with Gasteiger partial charge in [-0.2, -0.15) is 0 Å². The second-order valence-electron chi connectivity index (χ2n) is 6.52. The van der Waals surface area contributed by atoms with Gasteiger partial charge in [0.05, 0.1) is 0 Å². The Labute approximate surface area is 137 Å². The standard InChI is InChI=1S/C20H35S/c1-3-5-7-9-10-12-14-19(13-11-8-6-4-2)17-20-15-16-21-18-20/h15-16,19H,3-14,17H2,1-2H3. The first-order valence-electron chi connectivity index (χ1n) is 9.30. The Bertz CT molecular complexity index is 302. The Morgan fingerprint density at radius 2 is 1.43 bits per heavy atom. The molecule has 1 atom stereocenters. The zero-order valence-corrected chi connectivity index (χ0v) is 15.1. The molecule has 1 aromatic heterocycles. The van der Waals surface area contributed by atoms with Crippen LogP contribution >= 0.6 is 11.3 Å². The molecule has 0 N–H and O–H groups in total. The van der Waals surface area contributed by atoms with Crippen molar-refractivity contribution in [1.82, 2.24) is 0 Å². The molecular formula is C20H35S. The molecule has 0 nitrogen and oxygen atoms in total. The summed E-state index contributed by atoms with van der Waals surface area (Å²) in [5.74, 6) is 0.902. The van der Waals surface area contributed by atoms with Gasteiger partial charge in [0, 0.05) is 5.38 Å². The van der Waals surface area contributed by atoms with Gasteiger partial charge in [0.2, 0.25) is 0 Å². The van der Waals surface area contributed by atoms with Gasteiger partial charge in [-0.3, -0.25) is 0 Å². The number of rotatable bonds is 14. The summed E-state index contributed by atoms with van der Waals surface area (Å²) in [5.41, 5.74) is 1.45. The highest BCUT2D eigenvalue weighted by Gasteiger charge is 2.10. The molecule has 1 radical (unpaired) electrons. The number of thiophene rings is 1. The van der Waals surface area contributed by atoms with E-state index in [1.54, 1.807) is 11.3 Å². The molecule has 0 spiro atoms. The monoisotopic (exact) mass is 307 g/mol. The third-order valence-corrected chi connectivity index (χ3v) is 5.12. The van der Waals surface area contributed by atoms with E-state index in [0.29, 0.717) is 0 Å². The zero-order chi connectivity index (χ0) is 15.2. The largest absolute Gasteiger partial charge is 0.143 e. The summed E-state index contributed by atoms with van der Waals surface area (Å²) < 4.78 is 0. The van der Waals surface area contributed by atoms with Gasteiger partial charge in [0.15, 0.2) is 0 Å². The predicted molar refractivity (Wildman–Crippen MR) is 97.1 cm³/mol. The van der Waals surface area contributed by atoms with Gasteiger partial charge >= 0.3 is 0 Å². The van der Waals surface area contributed by atoms with E-state index < -0.39 is 0 Å². The van der Waals surface area contributed by atoms with Crippen molar-refractivity contribution >= 4 is 11.3 Å². The Morgan fingerprint density at radius 1 is 0.857 bits per heavy atom. The van der Waals surface area contributed by atoms with Gasteiger partial charge in [-0.05, 0) is 29.3 Å². The van der Waals surface area contributed by atoms with Gasteiger partial charge in [0.1, 0.15) is 0 Å². The number of hydrogen-bond acceptors (Lipinski definition) is 1. The van der Waals surface area contributed by atoms with Crippen LogP contribution in [0.25, 0.3) is 0 Å². The van der Waals surface area contributed by atoms with Crippen molar-refractivity contribution < 1.29 is 0 Å². The van der Waals surface area contributed by atoms with Crippen LogP contribution < -0.4 is 0 Å². The van der Waals surface area contributed by atoms with Crippen LogP contribution in [0.2, 0.25) is 0 Å². The number of hydrogen-bond donors (Lipinski definition) is 0. The maximum atomic E-state index is 3.43. The summed E-state index contributed by atoms with van der Waals surface area (Å²) in [7, 11) is 0. The first-order chi connectivity index (χ1) is 10.4. The quantitative estimate of drug-likeness (QED) is 0.313. The summed E-state index contributed by atoms with van der Waals surface area (Å²) in [5, 5.41) is 5.60. The maximum absolute atomic E-state index is 3.43. The lowest BCUT2D eigenvalue weighted by Gasteiger charge is -2.16. The van der Waals surface area contributed by atoms with Crippen molar-refractivity contribution in [3.8, 4) is 0 Å². The van der Waals surface area contributed by atoms with E-state index in [2.05, 4.69) is 30.7 Å². The molecule has 1 aromatic rings. The first-order valence-corrected chi connectivity index (χ1v) is 10.2. The lowest BCUT2D eigenvalue weighted by molar-refractivity contribution is 0.402. The highest BCUT2D eigenvalue weighted by molar-refractivity contribution is 7.07. The van der Waals surface area contributed by atoms with Crippen LogP contribution in [0.3, 0.4) is 0 Å². The fraction of sp³-hybridized carbons (Fsp3) is 0.800. The molecule has 0 fully saturated rings. The minimum atomic E-state index is 0.902. The Hall–Kier alpha value is -0.300. The molecule has 0 bridgehead atoms. The van der Waals surface area contributed by atoms with Crippen LogP contribution in [-0.4, -0.2) is 0 Å². The van der Waals surface area contributed by atoms with E-state index in [1.165, 1.54) is 89.0 Å². The molecule has 0 saturated carbocycles. The van der Waals surface area contributed by atoms with Crippen molar-refractivity contribution in [3.63, 3.8) is 0 Å². The minimum absolute atomic E-state index is 0.902. The predicted octanol–water partition coefficient (Wildman–Crippen LogP) is 7.43. The average molecular weight is 308 g/mol. The number of unbranched alkanes of at least 4 members (excludes halogenated alkanes) is 8. The lowest BCUT2D eigenvalue weighted by Crippen LogP contribution is -2.05. The average Bonchev–Trinajstić information content (AvgIpc) is 2.99. The van der Waals surface area contributed by atoms with Gasteiger partial charge in [0.25, 0.3) is 0 Å². The highest BCUT2D eigenvalue weighted by atomic mass is 32.1. The van der Waals surface area contributed by atoms with Crippen LogP contribution in [-0.2, 0) is 6.42 Å². The molecular weight excluding hydrogens is 272 g/mol. The molecule has 0 saturated heterocycles. The molecule has 0 aliphatic rings. The van der Waals surface area contributed by atoms with E-state index in [4.69, 9.17) is 0 Å². The third-order valence-electron chi connectivity index (χ3n) is 4.47. The fourth-order valence-electron chi connectivity index (χ4n) is 3.10. The minimum Gasteiger partial charge on any atom is -0.143 e. The summed E-state index contributed by atoms with van der Waals surface area (Å²) >= 11 is 1.73. The topological polar surface area (TPSA) is 0 Å². The SMILES string of the molecule is CCCCCCCCC(CCCCCC)Cc1[c]scc1. The lowest BCUT2D eigenvalue weighted by atomic mass is 9.89. The molecule has 1 heterocycles. The first kappa shape index (κ1) is 18.7. The highest BCUT2D eigenvalue weighted by Crippen LogP contribution is 2.23. The van der Waals surface area contributed by atoms with Gasteiger partial charge < -0.3 is 0 Å². The molecule has 0 amide bonds. The van der Waals surface area contributed by atoms with Crippen molar-refractivity contribution in [2.45, 2.75) is 97.3 Å². The smallest absolute Gasteiger partial charge is 0.0477 e. The maximum Gasteiger partial charge on any atom is 0.0477 e. The van der Waals surface area contributed by atoms with Gasteiger partial charge in [-0.1, -0.05) is 90.9 Å². The van der Waals surface area contributed by atoms with E-state index in [1.807, 2.05) is 0 Å². The molecule has 21 heavy (non-hydrogen) atoms. The third kappa shape index (κ3) is 10.1. The molecule has 1 rings (SSSR count). The Morgan fingerprint density at radius 3 is 2.00 bits per heavy atom. The summed E-state index contributed by atoms with van der Waals surface area (Å²) in [6, 6.07) is 2.27. The van der Waals surface area contributed by atoms with Gasteiger partial charge in [-0.15, -0.1) is 11.3 Å². The molecule has 0 aromatic carbocycles. The van der Waals surface area contributed by atoms with E-state index in [0.717, 1.165) is 5.92 Å². The van der Waals surface area contributed by atoms with Gasteiger partial charge in [-0.25, -0.2) is 0 Å². The van der Waals surface area contributed by atoms with Crippen LogP contribution in [0.4, 0.5) is 0 Å². The Kier molecular flexibility index (Phi) is 11.9. The van der Waals surface area contributed by atoms with E-state index in [-0.39, 0.29) is 0 Å². The van der Waals surface area contributed by atoms with Crippen molar-refractivity contribution in [3.05, 3.63) is 22.4 Å². The summed E-state index contributed by atoms with van der Waals surface area (Å²) in [6.45, 7) is 4.60. The second kappa shape index (κ2) is 13.4. The second-order valence-corrected chi connectivity index (χ2v) is 7.24. The summed E-state index contributed by atoms with van der Waals surface area (Å²) in [4.78, 5) is 0. The normalized spacial score (nSPS) is 12.7. The molecule has 1 heteroatoms. The molecule has 0 aliphatic carbocycles. The van der Waals surface area contributed by atoms with Crippen molar-refractivity contribution in [2.75, 3.05) is 0 Å². The van der Waals surface area contributed by atoms with Crippen molar-refractivity contribution in [1.29, 1.82) is 0 Å². The van der Waals surface area contributed by atoms with Crippen LogP contribution in [0.1, 0.15) is 96.5 Å². The molecule has 1 unspecified atom stereocenters. The van der Waals surface area contributed by atoms with Crippen molar-refractivity contribution in [2.24, 2.45) is 5.92 Å². The molecule has 121 valence electrons. The Balaban J connectivity index is 2.19. The zero-order valence-electron chi connectivity index (χ0n) is 14.3. The summed E-state index contributed by atoms with van der Waals surface area (Å²) in [6.07, 6.45) is 18.3. The van der Waals surface area contributed by atoms with E-state index in [9.17, 15) is 0 Å².